The van der Waals surface area contributed by atoms with E-state index in [0.717, 1.165) is 11.5 Å². The molecule has 0 bridgehead atoms. The Bertz CT molecular complexity index is 591. The minimum absolute atomic E-state index is 0.141. The number of hydrogen-bond donors (Lipinski definition) is 1. The SMILES string of the molecule is CCc1nnsc1C(O)Cc1c(F)ccc(Br)c1F. The first-order valence-electron chi connectivity index (χ1n) is 5.66. The summed E-state index contributed by atoms with van der Waals surface area (Å²) in [7, 11) is 0. The standard InChI is InChI=1S/C12H11BrF2N2OS/c1-2-9-12(19-17-16-9)10(18)5-6-8(14)4-3-7(13)11(6)15/h3-4,10,18H,2,5H2,1H3. The first-order valence-corrected chi connectivity index (χ1v) is 7.22. The Morgan fingerprint density at radius 1 is 1.42 bits per heavy atom. The molecule has 3 nitrogen and oxygen atoms in total. The topological polar surface area (TPSA) is 46.0 Å². The van der Waals surface area contributed by atoms with Crippen LogP contribution >= 0.6 is 27.5 Å². The van der Waals surface area contributed by atoms with Crippen molar-refractivity contribution in [3.05, 3.63) is 44.4 Å². The van der Waals surface area contributed by atoms with Gasteiger partial charge in [0.1, 0.15) is 11.6 Å². The first-order chi connectivity index (χ1) is 9.04. The van der Waals surface area contributed by atoms with E-state index in [1.165, 1.54) is 12.1 Å². The van der Waals surface area contributed by atoms with Crippen LogP contribution in [-0.4, -0.2) is 14.7 Å². The molecule has 19 heavy (non-hydrogen) atoms. The van der Waals surface area contributed by atoms with Crippen molar-refractivity contribution in [3.63, 3.8) is 0 Å². The molecule has 1 heterocycles. The van der Waals surface area contributed by atoms with E-state index in [-0.39, 0.29) is 16.5 Å². The molecule has 0 aliphatic carbocycles. The number of aliphatic hydroxyl groups is 1. The highest BCUT2D eigenvalue weighted by molar-refractivity contribution is 9.10. The molecule has 2 rings (SSSR count). The van der Waals surface area contributed by atoms with E-state index in [2.05, 4.69) is 25.5 Å². The van der Waals surface area contributed by atoms with Crippen molar-refractivity contribution >= 4 is 27.5 Å². The van der Waals surface area contributed by atoms with Gasteiger partial charge in [-0.15, -0.1) is 5.10 Å². The molecule has 1 unspecified atom stereocenters. The fourth-order valence-corrected chi connectivity index (χ4v) is 2.85. The maximum absolute atomic E-state index is 13.8. The van der Waals surface area contributed by atoms with Gasteiger partial charge in [0.05, 0.1) is 21.1 Å². The molecule has 1 aromatic heterocycles. The molecule has 0 radical (unpaired) electrons. The Morgan fingerprint density at radius 3 is 2.84 bits per heavy atom. The minimum Gasteiger partial charge on any atom is -0.387 e. The van der Waals surface area contributed by atoms with Crippen molar-refractivity contribution in [1.82, 2.24) is 9.59 Å². The predicted molar refractivity (Wildman–Crippen MR) is 72.0 cm³/mol. The van der Waals surface area contributed by atoms with E-state index < -0.39 is 17.7 Å². The summed E-state index contributed by atoms with van der Waals surface area (Å²) in [5, 5.41) is 14.0. The molecule has 0 saturated heterocycles. The van der Waals surface area contributed by atoms with Crippen molar-refractivity contribution in [3.8, 4) is 0 Å². The van der Waals surface area contributed by atoms with E-state index in [9.17, 15) is 13.9 Å². The number of aliphatic hydroxyl groups excluding tert-OH is 1. The highest BCUT2D eigenvalue weighted by atomic mass is 79.9. The number of hydrogen-bond acceptors (Lipinski definition) is 4. The highest BCUT2D eigenvalue weighted by Gasteiger charge is 2.21. The van der Waals surface area contributed by atoms with Gasteiger partial charge in [-0.2, -0.15) is 0 Å². The Morgan fingerprint density at radius 2 is 2.16 bits per heavy atom. The molecule has 1 atom stereocenters. The fraction of sp³-hybridized carbons (Fsp3) is 0.333. The molecule has 102 valence electrons. The summed E-state index contributed by atoms with van der Waals surface area (Å²) in [4.78, 5) is 0.557. The van der Waals surface area contributed by atoms with Gasteiger partial charge in [0.15, 0.2) is 0 Å². The summed E-state index contributed by atoms with van der Waals surface area (Å²) in [6.45, 7) is 1.88. The second-order valence-electron chi connectivity index (χ2n) is 3.98. The smallest absolute Gasteiger partial charge is 0.143 e. The minimum atomic E-state index is -1.01. The summed E-state index contributed by atoms with van der Waals surface area (Å²) in [6.07, 6.45) is -0.534. The van der Waals surface area contributed by atoms with Gasteiger partial charge < -0.3 is 5.11 Å². The van der Waals surface area contributed by atoms with Crippen LogP contribution in [0.5, 0.6) is 0 Å². The van der Waals surface area contributed by atoms with Crippen LogP contribution in [0.25, 0.3) is 0 Å². The lowest BCUT2D eigenvalue weighted by atomic mass is 10.0. The average molecular weight is 349 g/mol. The number of aromatic nitrogens is 2. The molecule has 0 fully saturated rings. The Balaban J connectivity index is 2.29. The molecule has 0 aliphatic rings. The molecular weight excluding hydrogens is 338 g/mol. The lowest BCUT2D eigenvalue weighted by Crippen LogP contribution is -2.07. The van der Waals surface area contributed by atoms with Gasteiger partial charge in [-0.1, -0.05) is 11.4 Å². The summed E-state index contributed by atoms with van der Waals surface area (Å²) in [6, 6.07) is 2.47. The van der Waals surface area contributed by atoms with Crippen LogP contribution in [0.4, 0.5) is 8.78 Å². The summed E-state index contributed by atoms with van der Waals surface area (Å²) in [5.74, 6) is -1.36. The maximum atomic E-state index is 13.8. The Labute approximate surface area is 121 Å². The average Bonchev–Trinajstić information content (AvgIpc) is 2.87. The molecule has 7 heteroatoms. The lowest BCUT2D eigenvalue weighted by Gasteiger charge is -2.11. The Kier molecular flexibility index (Phi) is 4.59. The van der Waals surface area contributed by atoms with E-state index in [1.807, 2.05) is 6.92 Å². The van der Waals surface area contributed by atoms with E-state index in [1.54, 1.807) is 0 Å². The van der Waals surface area contributed by atoms with Gasteiger partial charge in [0, 0.05) is 12.0 Å². The van der Waals surface area contributed by atoms with Crippen molar-refractivity contribution in [1.29, 1.82) is 0 Å². The number of rotatable bonds is 4. The number of benzene rings is 1. The largest absolute Gasteiger partial charge is 0.387 e. The van der Waals surface area contributed by atoms with Gasteiger partial charge in [-0.3, -0.25) is 0 Å². The van der Waals surface area contributed by atoms with Crippen LogP contribution in [0.2, 0.25) is 0 Å². The van der Waals surface area contributed by atoms with Crippen LogP contribution in [0, 0.1) is 11.6 Å². The van der Waals surface area contributed by atoms with E-state index in [0.29, 0.717) is 17.0 Å². The highest BCUT2D eigenvalue weighted by Crippen LogP contribution is 2.29. The third-order valence-corrected chi connectivity index (χ3v) is 4.24. The normalized spacial score (nSPS) is 12.7. The summed E-state index contributed by atoms with van der Waals surface area (Å²) < 4.78 is 31.4. The Hall–Kier alpha value is -0.920. The van der Waals surface area contributed by atoms with Gasteiger partial charge in [-0.25, -0.2) is 8.78 Å². The monoisotopic (exact) mass is 348 g/mol. The quantitative estimate of drug-likeness (QED) is 0.861. The van der Waals surface area contributed by atoms with Crippen molar-refractivity contribution in [2.45, 2.75) is 25.9 Å². The van der Waals surface area contributed by atoms with Crippen LogP contribution in [-0.2, 0) is 12.8 Å². The van der Waals surface area contributed by atoms with Crippen molar-refractivity contribution in [2.75, 3.05) is 0 Å². The van der Waals surface area contributed by atoms with Crippen LogP contribution in [0.1, 0.15) is 29.2 Å². The lowest BCUT2D eigenvalue weighted by molar-refractivity contribution is 0.178. The van der Waals surface area contributed by atoms with Gasteiger partial charge in [0.2, 0.25) is 0 Å². The third-order valence-electron chi connectivity index (χ3n) is 2.76. The summed E-state index contributed by atoms with van der Waals surface area (Å²) >= 11 is 4.05. The van der Waals surface area contributed by atoms with Crippen LogP contribution in [0.15, 0.2) is 16.6 Å². The van der Waals surface area contributed by atoms with E-state index in [4.69, 9.17) is 0 Å². The summed E-state index contributed by atoms with van der Waals surface area (Å²) in [5.41, 5.74) is 0.519. The zero-order valence-electron chi connectivity index (χ0n) is 10.0. The fourth-order valence-electron chi connectivity index (χ4n) is 1.76. The molecule has 0 saturated carbocycles. The second-order valence-corrected chi connectivity index (χ2v) is 5.62. The van der Waals surface area contributed by atoms with Crippen LogP contribution < -0.4 is 0 Å². The number of aryl methyl sites for hydroxylation is 1. The number of nitrogens with zero attached hydrogens (tertiary/aromatic N) is 2. The second kappa shape index (κ2) is 6.02. The molecule has 2 aromatic rings. The first kappa shape index (κ1) is 14.5. The van der Waals surface area contributed by atoms with Crippen molar-refractivity contribution < 1.29 is 13.9 Å². The zero-order valence-corrected chi connectivity index (χ0v) is 12.4. The van der Waals surface area contributed by atoms with Gasteiger partial charge in [-0.05, 0) is 46.0 Å². The van der Waals surface area contributed by atoms with Gasteiger partial charge in [0.25, 0.3) is 0 Å². The van der Waals surface area contributed by atoms with Gasteiger partial charge >= 0.3 is 0 Å². The number of halogens is 3. The zero-order chi connectivity index (χ0) is 14.0. The molecule has 0 amide bonds. The molecule has 1 N–H and O–H groups in total. The van der Waals surface area contributed by atoms with E-state index >= 15 is 0 Å². The third kappa shape index (κ3) is 2.98. The maximum Gasteiger partial charge on any atom is 0.143 e. The molecular formula is C12H11BrF2N2OS. The van der Waals surface area contributed by atoms with Crippen molar-refractivity contribution in [2.24, 2.45) is 0 Å². The molecule has 1 aromatic carbocycles. The van der Waals surface area contributed by atoms with Crippen LogP contribution in [0.3, 0.4) is 0 Å². The molecule has 0 spiro atoms. The molecule has 0 aliphatic heterocycles. The predicted octanol–water partition coefficient (Wildman–Crippen LogP) is 3.42.